The number of halogens is 1. The highest BCUT2D eigenvalue weighted by Gasteiger charge is 2.26. The Bertz CT molecular complexity index is 478. The van der Waals surface area contributed by atoms with Gasteiger partial charge >= 0.3 is 0 Å². The Hall–Kier alpha value is -1.19. The standard InChI is InChI=1S/C18H25FN2/c19-18-9-5-4-8-17(18)15-21-12-10-20(11-13-21)14-16-6-2-1-3-7-16/h1-2,4-5,8-9,16H,3,6-7,10-15H2/p+2/t16-/m1/s1. The molecule has 2 aliphatic rings. The van der Waals surface area contributed by atoms with Gasteiger partial charge in [-0.05, 0) is 25.3 Å². The first kappa shape index (κ1) is 14.7. The van der Waals surface area contributed by atoms with Crippen LogP contribution in [-0.4, -0.2) is 32.7 Å². The number of hydrogen-bond donors (Lipinski definition) is 2. The minimum atomic E-state index is -0.0474. The SMILES string of the molecule is Fc1ccccc1C[NH+]1CC[NH+](C[C@@H]2CC=CCC2)CC1. The van der Waals surface area contributed by atoms with E-state index < -0.39 is 0 Å². The van der Waals surface area contributed by atoms with Crippen molar-refractivity contribution in [2.75, 3.05) is 32.7 Å². The predicted molar refractivity (Wildman–Crippen MR) is 82.8 cm³/mol. The number of quaternary nitrogens is 2. The van der Waals surface area contributed by atoms with Gasteiger partial charge in [-0.25, -0.2) is 4.39 Å². The molecule has 1 heterocycles. The lowest BCUT2D eigenvalue weighted by Gasteiger charge is -2.32. The number of benzene rings is 1. The maximum Gasteiger partial charge on any atom is 0.132 e. The van der Waals surface area contributed by atoms with Crippen molar-refractivity contribution in [3.63, 3.8) is 0 Å². The van der Waals surface area contributed by atoms with Gasteiger partial charge in [0.1, 0.15) is 38.5 Å². The predicted octanol–water partition coefficient (Wildman–Crippen LogP) is 0.465. The summed E-state index contributed by atoms with van der Waals surface area (Å²) in [5.74, 6) is 0.840. The van der Waals surface area contributed by atoms with E-state index in [0.29, 0.717) is 0 Å². The summed E-state index contributed by atoms with van der Waals surface area (Å²) in [7, 11) is 0. The normalized spacial score (nSPS) is 29.5. The van der Waals surface area contributed by atoms with Crippen molar-refractivity contribution in [3.8, 4) is 0 Å². The summed E-state index contributed by atoms with van der Waals surface area (Å²) in [6.07, 6.45) is 8.58. The van der Waals surface area contributed by atoms with Crippen LogP contribution in [0.3, 0.4) is 0 Å². The summed E-state index contributed by atoms with van der Waals surface area (Å²) in [5.41, 5.74) is 0.869. The Labute approximate surface area is 127 Å². The fourth-order valence-electron chi connectivity index (χ4n) is 3.70. The first-order valence-electron chi connectivity index (χ1n) is 8.37. The molecule has 1 aliphatic carbocycles. The minimum absolute atomic E-state index is 0.0474. The lowest BCUT2D eigenvalue weighted by Crippen LogP contribution is -3.27. The summed E-state index contributed by atoms with van der Waals surface area (Å²) in [6.45, 7) is 7.00. The summed E-state index contributed by atoms with van der Waals surface area (Å²) in [6, 6.07) is 7.22. The fourth-order valence-corrected chi connectivity index (χ4v) is 3.70. The number of allylic oxidation sites excluding steroid dienone is 2. The van der Waals surface area contributed by atoms with E-state index in [1.807, 2.05) is 12.1 Å². The number of hydrogen-bond acceptors (Lipinski definition) is 0. The lowest BCUT2D eigenvalue weighted by molar-refractivity contribution is -1.02. The summed E-state index contributed by atoms with van der Waals surface area (Å²) in [4.78, 5) is 3.29. The third-order valence-electron chi connectivity index (χ3n) is 5.02. The molecule has 1 aliphatic heterocycles. The smallest absolute Gasteiger partial charge is 0.132 e. The maximum atomic E-state index is 13.7. The van der Waals surface area contributed by atoms with E-state index in [2.05, 4.69) is 12.2 Å². The molecule has 0 saturated carbocycles. The summed E-state index contributed by atoms with van der Waals surface area (Å²) in [5, 5.41) is 0. The molecule has 0 radical (unpaired) electrons. The van der Waals surface area contributed by atoms with Crippen LogP contribution in [-0.2, 0) is 6.54 Å². The van der Waals surface area contributed by atoms with Crippen molar-refractivity contribution >= 4 is 0 Å². The van der Waals surface area contributed by atoms with Gasteiger partial charge in [0.15, 0.2) is 0 Å². The Morgan fingerprint density at radius 3 is 2.48 bits per heavy atom. The van der Waals surface area contributed by atoms with Crippen molar-refractivity contribution in [2.45, 2.75) is 25.8 Å². The van der Waals surface area contributed by atoms with Crippen molar-refractivity contribution in [3.05, 3.63) is 47.8 Å². The zero-order valence-electron chi connectivity index (χ0n) is 12.8. The van der Waals surface area contributed by atoms with Crippen LogP contribution in [0, 0.1) is 11.7 Å². The molecular weight excluding hydrogens is 263 g/mol. The second kappa shape index (κ2) is 7.19. The molecule has 3 heteroatoms. The largest absolute Gasteiger partial charge is 0.325 e. The van der Waals surface area contributed by atoms with Gasteiger partial charge in [-0.1, -0.05) is 30.4 Å². The third kappa shape index (κ3) is 4.14. The Morgan fingerprint density at radius 2 is 1.76 bits per heavy atom. The first-order chi connectivity index (χ1) is 10.3. The number of nitrogens with one attached hydrogen (secondary N) is 2. The van der Waals surface area contributed by atoms with E-state index in [0.717, 1.165) is 18.0 Å². The molecule has 0 spiro atoms. The Kier molecular flexibility index (Phi) is 5.04. The Balaban J connectivity index is 1.44. The van der Waals surface area contributed by atoms with Crippen LogP contribution in [0.5, 0.6) is 0 Å². The van der Waals surface area contributed by atoms with E-state index in [9.17, 15) is 4.39 Å². The summed E-state index contributed by atoms with van der Waals surface area (Å²) < 4.78 is 13.7. The zero-order chi connectivity index (χ0) is 14.5. The molecule has 0 unspecified atom stereocenters. The molecule has 1 atom stereocenters. The van der Waals surface area contributed by atoms with Crippen LogP contribution in [0.4, 0.5) is 4.39 Å². The van der Waals surface area contributed by atoms with Crippen LogP contribution in [0.25, 0.3) is 0 Å². The Morgan fingerprint density at radius 1 is 1.00 bits per heavy atom. The van der Waals surface area contributed by atoms with Crippen molar-refractivity contribution in [1.29, 1.82) is 0 Å². The van der Waals surface area contributed by atoms with Crippen LogP contribution in [0.1, 0.15) is 24.8 Å². The van der Waals surface area contributed by atoms with Crippen molar-refractivity contribution in [1.82, 2.24) is 0 Å². The molecule has 3 rings (SSSR count). The van der Waals surface area contributed by atoms with Gasteiger partial charge in [0.25, 0.3) is 0 Å². The van der Waals surface area contributed by atoms with Crippen molar-refractivity contribution < 1.29 is 14.2 Å². The van der Waals surface area contributed by atoms with Gasteiger partial charge in [-0.3, -0.25) is 0 Å². The highest BCUT2D eigenvalue weighted by Crippen LogP contribution is 2.15. The molecule has 1 aromatic rings. The van der Waals surface area contributed by atoms with Crippen LogP contribution >= 0.6 is 0 Å². The lowest BCUT2D eigenvalue weighted by atomic mass is 9.94. The molecule has 0 aromatic heterocycles. The monoisotopic (exact) mass is 290 g/mol. The molecule has 1 fully saturated rings. The van der Waals surface area contributed by atoms with E-state index in [1.54, 1.807) is 17.0 Å². The number of piperazine rings is 1. The molecule has 1 aromatic carbocycles. The molecule has 21 heavy (non-hydrogen) atoms. The van der Waals surface area contributed by atoms with Crippen LogP contribution in [0.15, 0.2) is 36.4 Å². The highest BCUT2D eigenvalue weighted by molar-refractivity contribution is 5.15. The van der Waals surface area contributed by atoms with Gasteiger partial charge in [0, 0.05) is 11.5 Å². The van der Waals surface area contributed by atoms with E-state index in [1.165, 1.54) is 56.9 Å². The van der Waals surface area contributed by atoms with E-state index in [4.69, 9.17) is 0 Å². The highest BCUT2D eigenvalue weighted by atomic mass is 19.1. The first-order valence-corrected chi connectivity index (χ1v) is 8.37. The average molecular weight is 290 g/mol. The molecule has 1 saturated heterocycles. The second-order valence-electron chi connectivity index (χ2n) is 6.62. The van der Waals surface area contributed by atoms with E-state index in [-0.39, 0.29) is 5.82 Å². The van der Waals surface area contributed by atoms with Gasteiger partial charge in [-0.2, -0.15) is 0 Å². The summed E-state index contributed by atoms with van der Waals surface area (Å²) >= 11 is 0. The molecule has 0 amide bonds. The molecule has 114 valence electrons. The van der Waals surface area contributed by atoms with Crippen LogP contribution in [0.2, 0.25) is 0 Å². The molecule has 0 bridgehead atoms. The average Bonchev–Trinajstić information content (AvgIpc) is 2.52. The molecular formula is C18H27FN2+2. The molecule has 2 N–H and O–H groups in total. The van der Waals surface area contributed by atoms with Gasteiger partial charge in [0.05, 0.1) is 6.54 Å². The second-order valence-corrected chi connectivity index (χ2v) is 6.62. The minimum Gasteiger partial charge on any atom is -0.325 e. The van der Waals surface area contributed by atoms with Crippen molar-refractivity contribution in [2.24, 2.45) is 5.92 Å². The fraction of sp³-hybridized carbons (Fsp3) is 0.556. The van der Waals surface area contributed by atoms with Crippen LogP contribution < -0.4 is 9.80 Å². The quantitative estimate of drug-likeness (QED) is 0.746. The van der Waals surface area contributed by atoms with E-state index >= 15 is 0 Å². The maximum absolute atomic E-state index is 13.7. The molecule has 2 nitrogen and oxygen atoms in total. The van der Waals surface area contributed by atoms with Gasteiger partial charge < -0.3 is 9.80 Å². The van der Waals surface area contributed by atoms with Gasteiger partial charge in [0.2, 0.25) is 0 Å². The topological polar surface area (TPSA) is 8.88 Å². The third-order valence-corrected chi connectivity index (χ3v) is 5.02. The number of rotatable bonds is 4. The zero-order valence-corrected chi connectivity index (χ0v) is 12.8. The van der Waals surface area contributed by atoms with Gasteiger partial charge in [-0.15, -0.1) is 0 Å².